The van der Waals surface area contributed by atoms with E-state index in [2.05, 4.69) is 5.32 Å². The van der Waals surface area contributed by atoms with Gasteiger partial charge in [-0.25, -0.2) is 12.8 Å². The lowest BCUT2D eigenvalue weighted by atomic mass is 10.0. The maximum absolute atomic E-state index is 15.0. The van der Waals surface area contributed by atoms with Crippen molar-refractivity contribution in [1.29, 1.82) is 0 Å². The first-order valence-corrected chi connectivity index (χ1v) is 16.5. The van der Waals surface area contributed by atoms with E-state index in [1.54, 1.807) is 32.0 Å². The Kier molecular flexibility index (Phi) is 11.3. The Morgan fingerprint density at radius 3 is 2.18 bits per heavy atom. The quantitative estimate of drug-likeness (QED) is 0.180. The summed E-state index contributed by atoms with van der Waals surface area (Å²) in [7, 11) is -4.38. The van der Waals surface area contributed by atoms with Crippen molar-refractivity contribution in [2.75, 3.05) is 10.8 Å². The highest BCUT2D eigenvalue weighted by molar-refractivity contribution is 7.92. The van der Waals surface area contributed by atoms with E-state index >= 15 is 4.39 Å². The van der Waals surface area contributed by atoms with E-state index in [0.717, 1.165) is 15.4 Å². The first-order chi connectivity index (χ1) is 21.4. The lowest BCUT2D eigenvalue weighted by Gasteiger charge is -2.34. The maximum atomic E-state index is 15.0. The zero-order valence-electron chi connectivity index (χ0n) is 25.1. The monoisotopic (exact) mass is 669 g/mol. The van der Waals surface area contributed by atoms with Crippen LogP contribution in [0.5, 0.6) is 0 Å². The van der Waals surface area contributed by atoms with Crippen LogP contribution in [0.15, 0.2) is 102 Å². The van der Waals surface area contributed by atoms with Crippen molar-refractivity contribution in [3.05, 3.63) is 130 Å². The molecule has 4 rings (SSSR count). The fourth-order valence-electron chi connectivity index (χ4n) is 4.77. The van der Waals surface area contributed by atoms with Crippen molar-refractivity contribution in [3.63, 3.8) is 0 Å². The van der Waals surface area contributed by atoms with Crippen molar-refractivity contribution in [2.45, 2.75) is 50.7 Å². The van der Waals surface area contributed by atoms with Gasteiger partial charge < -0.3 is 10.2 Å². The number of amides is 2. The summed E-state index contributed by atoms with van der Waals surface area (Å²) < 4.78 is 44.1. The molecular formula is C34H34Cl2FN3O4S. The average Bonchev–Trinajstić information content (AvgIpc) is 3.00. The molecule has 0 radical (unpaired) electrons. The van der Waals surface area contributed by atoms with Gasteiger partial charge in [0.15, 0.2) is 0 Å². The topological polar surface area (TPSA) is 86.8 Å². The van der Waals surface area contributed by atoms with Crippen LogP contribution in [0.4, 0.5) is 10.1 Å². The molecule has 7 nitrogen and oxygen atoms in total. The van der Waals surface area contributed by atoms with Gasteiger partial charge in [0, 0.05) is 29.6 Å². The standard InChI is InChI=1S/C34H34Cl2FN3O4S/c1-23(2)38-34(42)32(19-25-9-5-4-6-10-25)39(21-26-11-7-8-12-30(26)37)33(41)22-40(31-20-27(35)15-18-29(31)36)45(43,44)28-16-13-24(3)14-17-28/h4-18,20,23,32H,19,21-22H2,1-3H3,(H,38,42). The number of hydrogen-bond acceptors (Lipinski definition) is 4. The molecule has 236 valence electrons. The lowest BCUT2D eigenvalue weighted by molar-refractivity contribution is -0.140. The fraction of sp³-hybridized carbons (Fsp3) is 0.235. The first-order valence-electron chi connectivity index (χ1n) is 14.3. The van der Waals surface area contributed by atoms with Gasteiger partial charge in [-0.2, -0.15) is 0 Å². The summed E-state index contributed by atoms with van der Waals surface area (Å²) >= 11 is 12.8. The minimum absolute atomic E-state index is 0.0184. The van der Waals surface area contributed by atoms with Crippen LogP contribution in [0.1, 0.15) is 30.5 Å². The van der Waals surface area contributed by atoms with Gasteiger partial charge in [-0.3, -0.25) is 13.9 Å². The summed E-state index contributed by atoms with van der Waals surface area (Å²) in [5.74, 6) is -1.78. The molecule has 0 aliphatic carbocycles. The normalized spacial score (nSPS) is 12.1. The number of nitrogens with one attached hydrogen (secondary N) is 1. The maximum Gasteiger partial charge on any atom is 0.264 e. The van der Waals surface area contributed by atoms with Crippen LogP contribution < -0.4 is 9.62 Å². The smallest absolute Gasteiger partial charge is 0.264 e. The number of hydrogen-bond donors (Lipinski definition) is 1. The summed E-state index contributed by atoms with van der Waals surface area (Å²) in [5.41, 5.74) is 1.74. The van der Waals surface area contributed by atoms with Crippen LogP contribution in [0.2, 0.25) is 10.0 Å². The largest absolute Gasteiger partial charge is 0.352 e. The molecule has 2 amide bonds. The number of halogens is 3. The Morgan fingerprint density at radius 1 is 0.889 bits per heavy atom. The Bertz CT molecular complexity index is 1750. The van der Waals surface area contributed by atoms with E-state index in [1.165, 1.54) is 53.4 Å². The number of carbonyl (C=O) groups excluding carboxylic acids is 2. The number of sulfonamides is 1. The third-order valence-corrected chi connectivity index (χ3v) is 9.39. The zero-order chi connectivity index (χ0) is 32.7. The molecule has 1 N–H and O–H groups in total. The highest BCUT2D eigenvalue weighted by Gasteiger charge is 2.35. The van der Waals surface area contributed by atoms with Gasteiger partial charge in [-0.05, 0) is 62.7 Å². The van der Waals surface area contributed by atoms with Crippen molar-refractivity contribution in [2.24, 2.45) is 0 Å². The molecule has 45 heavy (non-hydrogen) atoms. The summed E-state index contributed by atoms with van der Waals surface area (Å²) in [6.45, 7) is 4.36. The number of aryl methyl sites for hydroxylation is 1. The van der Waals surface area contributed by atoms with Crippen LogP contribution in [-0.2, 0) is 32.6 Å². The third-order valence-electron chi connectivity index (χ3n) is 7.07. The minimum Gasteiger partial charge on any atom is -0.352 e. The Labute approximate surface area is 273 Å². The molecule has 0 aliphatic rings. The van der Waals surface area contributed by atoms with Gasteiger partial charge in [0.05, 0.1) is 15.6 Å². The van der Waals surface area contributed by atoms with Crippen LogP contribution in [0.25, 0.3) is 0 Å². The molecule has 0 spiro atoms. The summed E-state index contributed by atoms with van der Waals surface area (Å²) in [5, 5.41) is 3.11. The molecule has 0 aromatic heterocycles. The summed E-state index contributed by atoms with van der Waals surface area (Å²) in [6.07, 6.45) is 0.0994. The molecule has 1 unspecified atom stereocenters. The molecule has 0 saturated carbocycles. The zero-order valence-corrected chi connectivity index (χ0v) is 27.4. The van der Waals surface area contributed by atoms with Crippen LogP contribution in [0, 0.1) is 12.7 Å². The molecule has 0 fully saturated rings. The van der Waals surface area contributed by atoms with Crippen molar-refractivity contribution in [3.8, 4) is 0 Å². The van der Waals surface area contributed by atoms with E-state index in [0.29, 0.717) is 0 Å². The summed E-state index contributed by atoms with van der Waals surface area (Å²) in [6, 6.07) is 24.1. The van der Waals surface area contributed by atoms with Crippen LogP contribution >= 0.6 is 23.2 Å². The van der Waals surface area contributed by atoms with Gasteiger partial charge >= 0.3 is 0 Å². The highest BCUT2D eigenvalue weighted by atomic mass is 35.5. The van der Waals surface area contributed by atoms with Gasteiger partial charge in [0.2, 0.25) is 11.8 Å². The minimum atomic E-state index is -4.38. The number of rotatable bonds is 12. The van der Waals surface area contributed by atoms with Gasteiger partial charge in [-0.1, -0.05) is 89.4 Å². The van der Waals surface area contributed by atoms with E-state index in [4.69, 9.17) is 23.2 Å². The van der Waals surface area contributed by atoms with E-state index in [9.17, 15) is 18.0 Å². The molecule has 11 heteroatoms. The molecule has 0 saturated heterocycles. The molecule has 0 aliphatic heterocycles. The van der Waals surface area contributed by atoms with E-state index < -0.39 is 40.2 Å². The average molecular weight is 671 g/mol. The fourth-order valence-corrected chi connectivity index (χ4v) is 6.63. The molecule has 0 bridgehead atoms. The van der Waals surface area contributed by atoms with Gasteiger partial charge in [0.1, 0.15) is 18.4 Å². The number of nitrogens with zero attached hydrogens (tertiary/aromatic N) is 2. The first kappa shape index (κ1) is 34.0. The number of carbonyl (C=O) groups is 2. The van der Waals surface area contributed by atoms with Crippen molar-refractivity contribution >= 4 is 50.7 Å². The second-order valence-electron chi connectivity index (χ2n) is 10.9. The van der Waals surface area contributed by atoms with Gasteiger partial charge in [-0.15, -0.1) is 0 Å². The molecule has 0 heterocycles. The molecule has 4 aromatic rings. The van der Waals surface area contributed by atoms with E-state index in [-0.39, 0.29) is 45.2 Å². The number of anilines is 1. The Balaban J connectivity index is 1.84. The van der Waals surface area contributed by atoms with Crippen molar-refractivity contribution < 1.29 is 22.4 Å². The Hall–Kier alpha value is -3.92. The van der Waals surface area contributed by atoms with Crippen LogP contribution in [-0.4, -0.2) is 43.8 Å². The Morgan fingerprint density at radius 2 is 1.53 bits per heavy atom. The highest BCUT2D eigenvalue weighted by Crippen LogP contribution is 2.33. The molecule has 4 aromatic carbocycles. The van der Waals surface area contributed by atoms with Crippen LogP contribution in [0.3, 0.4) is 0 Å². The second kappa shape index (κ2) is 14.9. The molecule has 1 atom stereocenters. The second-order valence-corrected chi connectivity index (χ2v) is 13.6. The molecular weight excluding hydrogens is 636 g/mol. The summed E-state index contributed by atoms with van der Waals surface area (Å²) in [4.78, 5) is 29.3. The lowest BCUT2D eigenvalue weighted by Crippen LogP contribution is -2.54. The predicted octanol–water partition coefficient (Wildman–Crippen LogP) is 6.80. The SMILES string of the molecule is Cc1ccc(S(=O)(=O)N(CC(=O)N(Cc2ccccc2F)C(Cc2ccccc2)C(=O)NC(C)C)c2cc(Cl)ccc2Cl)cc1. The number of benzene rings is 4. The van der Waals surface area contributed by atoms with Crippen molar-refractivity contribution in [1.82, 2.24) is 10.2 Å². The van der Waals surface area contributed by atoms with E-state index in [1.807, 2.05) is 37.3 Å². The van der Waals surface area contributed by atoms with Gasteiger partial charge in [0.25, 0.3) is 10.0 Å². The predicted molar refractivity (Wildman–Crippen MR) is 176 cm³/mol. The third kappa shape index (κ3) is 8.63.